The van der Waals surface area contributed by atoms with Crippen LogP contribution in [0.3, 0.4) is 0 Å². The first-order valence-corrected chi connectivity index (χ1v) is 7.97. The predicted molar refractivity (Wildman–Crippen MR) is 93.5 cm³/mol. The van der Waals surface area contributed by atoms with Crippen molar-refractivity contribution in [1.82, 2.24) is 9.55 Å². The molecule has 0 saturated carbocycles. The molecule has 0 bridgehead atoms. The van der Waals surface area contributed by atoms with Crippen LogP contribution in [0.25, 0.3) is 11.3 Å². The molecule has 2 aromatic rings. The zero-order valence-electron chi connectivity index (χ0n) is 13.7. The molecule has 114 valence electrons. The summed E-state index contributed by atoms with van der Waals surface area (Å²) in [6, 6.07) is 8.06. The van der Waals surface area contributed by atoms with Crippen LogP contribution >= 0.6 is 15.9 Å². The maximum atomic E-state index is 6.47. The molecule has 4 heteroatoms. The third-order valence-corrected chi connectivity index (χ3v) is 4.08. The molecule has 2 N–H and O–H groups in total. The molecule has 1 heterocycles. The highest BCUT2D eigenvalue weighted by Crippen LogP contribution is 2.38. The number of halogens is 1. The van der Waals surface area contributed by atoms with Gasteiger partial charge >= 0.3 is 0 Å². The third kappa shape index (κ3) is 3.00. The Kier molecular flexibility index (Phi) is 3.96. The van der Waals surface area contributed by atoms with Crippen molar-refractivity contribution in [2.24, 2.45) is 0 Å². The van der Waals surface area contributed by atoms with Crippen LogP contribution in [0.1, 0.15) is 47.4 Å². The fourth-order valence-corrected chi connectivity index (χ4v) is 2.94. The molecule has 0 atom stereocenters. The molecular formula is C17H24BrN3. The number of hydrogen-bond acceptors (Lipinski definition) is 2. The van der Waals surface area contributed by atoms with E-state index in [1.165, 1.54) is 0 Å². The van der Waals surface area contributed by atoms with Crippen LogP contribution in [0.15, 0.2) is 28.7 Å². The summed E-state index contributed by atoms with van der Waals surface area (Å²) in [4.78, 5) is 4.89. The van der Waals surface area contributed by atoms with Gasteiger partial charge in [-0.25, -0.2) is 4.98 Å². The first-order chi connectivity index (χ1) is 9.53. The number of nitrogens with two attached hydrogens (primary N) is 1. The van der Waals surface area contributed by atoms with E-state index in [2.05, 4.69) is 62.0 Å². The van der Waals surface area contributed by atoms with Crippen LogP contribution in [0, 0.1) is 0 Å². The van der Waals surface area contributed by atoms with E-state index < -0.39 is 0 Å². The highest BCUT2D eigenvalue weighted by Gasteiger charge is 2.31. The van der Waals surface area contributed by atoms with E-state index in [9.17, 15) is 0 Å². The summed E-state index contributed by atoms with van der Waals surface area (Å²) in [7, 11) is 0. The Balaban J connectivity index is 2.77. The SMILES string of the molecule is CC(C)(C)c1nc(-c2ccccc2Br)c(N)n1C(C)(C)C. The highest BCUT2D eigenvalue weighted by molar-refractivity contribution is 9.10. The maximum absolute atomic E-state index is 6.47. The Bertz CT molecular complexity index is 658. The van der Waals surface area contributed by atoms with Crippen LogP contribution in [-0.4, -0.2) is 9.55 Å². The maximum Gasteiger partial charge on any atom is 0.132 e. The summed E-state index contributed by atoms with van der Waals surface area (Å²) in [5.74, 6) is 1.73. The summed E-state index contributed by atoms with van der Waals surface area (Å²) >= 11 is 3.60. The van der Waals surface area contributed by atoms with Crippen molar-refractivity contribution in [3.63, 3.8) is 0 Å². The zero-order chi connectivity index (χ0) is 16.0. The highest BCUT2D eigenvalue weighted by atomic mass is 79.9. The molecule has 1 aromatic heterocycles. The Hall–Kier alpha value is -1.29. The van der Waals surface area contributed by atoms with E-state index in [1.54, 1.807) is 0 Å². The number of rotatable bonds is 1. The second-order valence-electron chi connectivity index (χ2n) is 7.41. The number of nitrogens with zero attached hydrogens (tertiary/aromatic N) is 2. The van der Waals surface area contributed by atoms with Crippen molar-refractivity contribution >= 4 is 21.7 Å². The van der Waals surface area contributed by atoms with E-state index in [0.29, 0.717) is 0 Å². The van der Waals surface area contributed by atoms with Gasteiger partial charge in [-0.15, -0.1) is 0 Å². The van der Waals surface area contributed by atoms with Gasteiger partial charge in [-0.2, -0.15) is 0 Å². The van der Waals surface area contributed by atoms with Gasteiger partial charge in [0.25, 0.3) is 0 Å². The summed E-state index contributed by atoms with van der Waals surface area (Å²) in [5.41, 5.74) is 8.17. The van der Waals surface area contributed by atoms with Crippen molar-refractivity contribution in [2.75, 3.05) is 5.73 Å². The second kappa shape index (κ2) is 5.16. The van der Waals surface area contributed by atoms with Gasteiger partial charge in [0, 0.05) is 21.0 Å². The van der Waals surface area contributed by atoms with Crippen LogP contribution < -0.4 is 5.73 Å². The van der Waals surface area contributed by atoms with Crippen molar-refractivity contribution in [3.8, 4) is 11.3 Å². The molecule has 0 spiro atoms. The number of aromatic nitrogens is 2. The number of hydrogen-bond donors (Lipinski definition) is 1. The molecule has 0 aliphatic heterocycles. The lowest BCUT2D eigenvalue weighted by atomic mass is 9.94. The van der Waals surface area contributed by atoms with E-state index >= 15 is 0 Å². The monoisotopic (exact) mass is 349 g/mol. The summed E-state index contributed by atoms with van der Waals surface area (Å²) < 4.78 is 3.16. The number of nitrogen functional groups attached to an aromatic ring is 1. The van der Waals surface area contributed by atoms with Gasteiger partial charge in [-0.1, -0.05) is 54.9 Å². The summed E-state index contributed by atoms with van der Waals surface area (Å²) in [6.07, 6.45) is 0. The van der Waals surface area contributed by atoms with Crippen LogP contribution in [0.2, 0.25) is 0 Å². The van der Waals surface area contributed by atoms with Crippen molar-refractivity contribution < 1.29 is 0 Å². The van der Waals surface area contributed by atoms with Crippen molar-refractivity contribution in [3.05, 3.63) is 34.6 Å². The minimum atomic E-state index is -0.112. The van der Waals surface area contributed by atoms with E-state index in [4.69, 9.17) is 10.7 Å². The predicted octanol–water partition coefficient (Wildman–Crippen LogP) is 4.95. The molecule has 0 saturated heterocycles. The molecule has 0 aliphatic rings. The molecule has 21 heavy (non-hydrogen) atoms. The van der Waals surface area contributed by atoms with Crippen molar-refractivity contribution in [2.45, 2.75) is 52.5 Å². The lowest BCUT2D eigenvalue weighted by molar-refractivity contribution is 0.359. The molecule has 0 amide bonds. The zero-order valence-corrected chi connectivity index (χ0v) is 15.2. The minimum Gasteiger partial charge on any atom is -0.383 e. The molecule has 0 fully saturated rings. The fraction of sp³-hybridized carbons (Fsp3) is 0.471. The van der Waals surface area contributed by atoms with Gasteiger partial charge in [0.1, 0.15) is 17.3 Å². The Morgan fingerprint density at radius 2 is 1.62 bits per heavy atom. The van der Waals surface area contributed by atoms with Gasteiger partial charge in [-0.3, -0.25) is 0 Å². The molecule has 1 aromatic carbocycles. The van der Waals surface area contributed by atoms with Gasteiger partial charge in [0.05, 0.1) is 0 Å². The van der Waals surface area contributed by atoms with Gasteiger partial charge in [0.2, 0.25) is 0 Å². The fourth-order valence-electron chi connectivity index (χ4n) is 2.47. The number of benzene rings is 1. The lowest BCUT2D eigenvalue weighted by Crippen LogP contribution is -2.30. The molecular weight excluding hydrogens is 326 g/mol. The largest absolute Gasteiger partial charge is 0.383 e. The van der Waals surface area contributed by atoms with E-state index in [1.807, 2.05) is 24.3 Å². The van der Waals surface area contributed by atoms with Crippen LogP contribution in [0.5, 0.6) is 0 Å². The average molecular weight is 350 g/mol. The Morgan fingerprint density at radius 1 is 1.05 bits per heavy atom. The summed E-state index contributed by atoms with van der Waals surface area (Å²) in [6.45, 7) is 13.0. The Morgan fingerprint density at radius 3 is 2.05 bits per heavy atom. The molecule has 0 radical (unpaired) electrons. The lowest BCUT2D eigenvalue weighted by Gasteiger charge is -2.29. The number of anilines is 1. The van der Waals surface area contributed by atoms with E-state index in [-0.39, 0.29) is 11.0 Å². The number of imidazole rings is 1. The second-order valence-corrected chi connectivity index (χ2v) is 8.26. The smallest absolute Gasteiger partial charge is 0.132 e. The minimum absolute atomic E-state index is 0.0685. The van der Waals surface area contributed by atoms with Crippen LogP contribution in [0.4, 0.5) is 5.82 Å². The average Bonchev–Trinajstić information content (AvgIpc) is 2.67. The Labute approximate surface area is 135 Å². The molecule has 0 aliphatic carbocycles. The van der Waals surface area contributed by atoms with E-state index in [0.717, 1.165) is 27.4 Å². The normalized spacial score (nSPS) is 12.7. The molecule has 3 nitrogen and oxygen atoms in total. The third-order valence-electron chi connectivity index (χ3n) is 3.38. The topological polar surface area (TPSA) is 43.8 Å². The standard InChI is InChI=1S/C17H24BrN3/c1-16(2,3)15-20-13(11-9-7-8-10-12(11)18)14(19)21(15)17(4,5)6/h7-10H,19H2,1-6H3. The molecule has 0 unspecified atom stereocenters. The van der Waals surface area contributed by atoms with Crippen LogP contribution in [-0.2, 0) is 11.0 Å². The van der Waals surface area contributed by atoms with Gasteiger partial charge < -0.3 is 10.3 Å². The van der Waals surface area contributed by atoms with Crippen molar-refractivity contribution in [1.29, 1.82) is 0 Å². The first-order valence-electron chi connectivity index (χ1n) is 7.17. The quantitative estimate of drug-likeness (QED) is 0.791. The first kappa shape index (κ1) is 16.1. The van der Waals surface area contributed by atoms with Gasteiger partial charge in [-0.05, 0) is 26.8 Å². The van der Waals surface area contributed by atoms with Gasteiger partial charge in [0.15, 0.2) is 0 Å². The summed E-state index contributed by atoms with van der Waals surface area (Å²) in [5, 5.41) is 0. The molecule has 2 rings (SSSR count).